The number of aliphatic imine (C=N–C) groups is 1. The monoisotopic (exact) mass is 376 g/mol. The van der Waals surface area contributed by atoms with Crippen LogP contribution in [-0.2, 0) is 7.05 Å². The van der Waals surface area contributed by atoms with Gasteiger partial charge in [-0.15, -0.1) is 11.3 Å². The van der Waals surface area contributed by atoms with Crippen molar-refractivity contribution >= 4 is 34.0 Å². The summed E-state index contributed by atoms with van der Waals surface area (Å²) in [6.07, 6.45) is 4.04. The Hall–Kier alpha value is -1.99. The summed E-state index contributed by atoms with van der Waals surface area (Å²) < 4.78 is 7.19. The summed E-state index contributed by atoms with van der Waals surface area (Å²) in [7, 11) is 3.66. The zero-order valence-corrected chi connectivity index (χ0v) is 16.7. The van der Waals surface area contributed by atoms with Crippen molar-refractivity contribution in [2.45, 2.75) is 13.8 Å². The van der Waals surface area contributed by atoms with E-state index >= 15 is 0 Å². The van der Waals surface area contributed by atoms with Crippen LogP contribution in [0.5, 0.6) is 5.75 Å². The number of nitrogens with one attached hydrogen (secondary N) is 1. The lowest BCUT2D eigenvalue weighted by Gasteiger charge is -2.09. The molecule has 0 aliphatic heterocycles. The molecule has 0 atom stereocenters. The van der Waals surface area contributed by atoms with Crippen molar-refractivity contribution in [2.24, 2.45) is 17.0 Å². The fraction of sp³-hybridized carbons (Fsp3) is 0.333. The quantitative estimate of drug-likeness (QED) is 0.609. The number of benzene rings is 1. The average molecular weight is 377 g/mol. The number of thiazole rings is 1. The molecule has 0 amide bonds. The fourth-order valence-corrected chi connectivity index (χ4v) is 3.37. The van der Waals surface area contributed by atoms with Gasteiger partial charge in [-0.1, -0.05) is 18.7 Å². The molecule has 0 unspecified atom stereocenters. The molecule has 0 radical (unpaired) electrons. The molecule has 0 saturated carbocycles. The number of amidine groups is 1. The van der Waals surface area contributed by atoms with Gasteiger partial charge in [-0.25, -0.2) is 4.99 Å². The number of hydrogen-bond donors (Lipinski definition) is 1. The topological polar surface area (TPSA) is 50.9 Å². The van der Waals surface area contributed by atoms with Crippen molar-refractivity contribution in [2.75, 3.05) is 24.7 Å². The minimum Gasteiger partial charge on any atom is -0.497 e. The Balaban J connectivity index is 2.03. The van der Waals surface area contributed by atoms with Crippen LogP contribution in [0.4, 0.5) is 5.69 Å². The minimum atomic E-state index is 0.593. The molecular weight excluding hydrogens is 352 g/mol. The van der Waals surface area contributed by atoms with Gasteiger partial charge in [-0.3, -0.25) is 4.99 Å². The highest BCUT2D eigenvalue weighted by Gasteiger charge is 2.00. The Morgan fingerprint density at radius 1 is 1.36 bits per heavy atom. The lowest BCUT2D eigenvalue weighted by molar-refractivity contribution is 0.415. The van der Waals surface area contributed by atoms with Gasteiger partial charge in [0.15, 0.2) is 9.97 Å². The lowest BCUT2D eigenvalue weighted by Crippen LogP contribution is -2.09. The van der Waals surface area contributed by atoms with Crippen molar-refractivity contribution in [3.05, 3.63) is 52.4 Å². The second-order valence-electron chi connectivity index (χ2n) is 5.19. The third kappa shape index (κ3) is 6.43. The summed E-state index contributed by atoms with van der Waals surface area (Å²) in [5, 5.41) is 6.28. The summed E-state index contributed by atoms with van der Waals surface area (Å²) in [5.74, 6) is 1.80. The van der Waals surface area contributed by atoms with Gasteiger partial charge in [-0.05, 0) is 43.0 Å². The molecule has 1 aromatic carbocycles. The molecule has 5 nitrogen and oxygen atoms in total. The molecule has 25 heavy (non-hydrogen) atoms. The van der Waals surface area contributed by atoms with E-state index in [-0.39, 0.29) is 0 Å². The molecule has 1 heterocycles. The first-order chi connectivity index (χ1) is 12.1. The number of anilines is 1. The van der Waals surface area contributed by atoms with E-state index in [0.717, 1.165) is 32.9 Å². The predicted octanol–water partition coefficient (Wildman–Crippen LogP) is 4.12. The third-order valence-corrected chi connectivity index (χ3v) is 4.92. The number of aromatic nitrogens is 1. The van der Waals surface area contributed by atoms with E-state index in [1.807, 2.05) is 60.5 Å². The standard InChI is InChI=1S/C18H24N4OS2/c1-5-24-17(21-15-6-8-16(23-4)9-7-15)19-11-10-14(2)20-18-22(3)12-13-25-18/h6-10,12-13H,5,11H2,1-4H3,(H,19,21)/b14-10+,20-18?. The number of thioether (sulfide) groups is 1. The van der Waals surface area contributed by atoms with Gasteiger partial charge in [0.25, 0.3) is 0 Å². The van der Waals surface area contributed by atoms with Crippen LogP contribution in [0, 0.1) is 0 Å². The van der Waals surface area contributed by atoms with Gasteiger partial charge in [0.05, 0.1) is 13.7 Å². The van der Waals surface area contributed by atoms with Gasteiger partial charge in [0, 0.05) is 30.0 Å². The Kier molecular flexibility index (Phi) is 7.81. The summed E-state index contributed by atoms with van der Waals surface area (Å²) in [4.78, 5) is 10.2. The van der Waals surface area contributed by atoms with E-state index in [4.69, 9.17) is 4.74 Å². The molecule has 2 aromatic rings. The van der Waals surface area contributed by atoms with Crippen LogP contribution in [-0.4, -0.2) is 29.1 Å². The molecule has 0 aliphatic rings. The second kappa shape index (κ2) is 10.1. The van der Waals surface area contributed by atoms with Crippen molar-refractivity contribution in [1.29, 1.82) is 0 Å². The van der Waals surface area contributed by atoms with E-state index in [1.54, 1.807) is 30.2 Å². The predicted molar refractivity (Wildman–Crippen MR) is 110 cm³/mol. The highest BCUT2D eigenvalue weighted by atomic mass is 32.2. The average Bonchev–Trinajstić information content (AvgIpc) is 3.00. The summed E-state index contributed by atoms with van der Waals surface area (Å²) in [6, 6.07) is 7.83. The van der Waals surface area contributed by atoms with Crippen LogP contribution >= 0.6 is 23.1 Å². The zero-order valence-electron chi connectivity index (χ0n) is 15.0. The summed E-state index contributed by atoms with van der Waals surface area (Å²) in [6.45, 7) is 4.71. The maximum Gasteiger partial charge on any atom is 0.189 e. The third-order valence-electron chi connectivity index (χ3n) is 3.28. The summed E-state index contributed by atoms with van der Waals surface area (Å²) >= 11 is 3.31. The van der Waals surface area contributed by atoms with Crippen LogP contribution in [0.1, 0.15) is 13.8 Å². The first-order valence-corrected chi connectivity index (χ1v) is 9.89. The number of ether oxygens (including phenoxy) is 1. The van der Waals surface area contributed by atoms with Crippen LogP contribution in [0.25, 0.3) is 0 Å². The minimum absolute atomic E-state index is 0.593. The molecule has 0 bridgehead atoms. The maximum absolute atomic E-state index is 5.18. The Morgan fingerprint density at radius 2 is 2.12 bits per heavy atom. The largest absolute Gasteiger partial charge is 0.497 e. The molecule has 1 N–H and O–H groups in total. The second-order valence-corrected chi connectivity index (χ2v) is 7.31. The number of methoxy groups -OCH3 is 1. The van der Waals surface area contributed by atoms with Gasteiger partial charge in [0.1, 0.15) is 5.75 Å². The van der Waals surface area contributed by atoms with E-state index in [9.17, 15) is 0 Å². The van der Waals surface area contributed by atoms with Crippen LogP contribution in [0.2, 0.25) is 0 Å². The normalized spacial score (nSPS) is 13.2. The van der Waals surface area contributed by atoms with E-state index in [1.165, 1.54) is 0 Å². The van der Waals surface area contributed by atoms with Crippen molar-refractivity contribution in [3.8, 4) is 5.75 Å². The Labute approximate surface area is 157 Å². The first kappa shape index (κ1) is 19.3. The number of allylic oxidation sites excluding steroid dienone is 1. The fourth-order valence-electron chi connectivity index (χ4n) is 1.95. The molecule has 0 aliphatic carbocycles. The molecule has 0 spiro atoms. The Bertz CT molecular complexity index is 788. The number of aryl methyl sites for hydroxylation is 1. The van der Waals surface area contributed by atoms with Crippen molar-refractivity contribution in [3.63, 3.8) is 0 Å². The van der Waals surface area contributed by atoms with E-state index < -0.39 is 0 Å². The van der Waals surface area contributed by atoms with Gasteiger partial charge in [0.2, 0.25) is 0 Å². The molecule has 0 saturated heterocycles. The molecule has 7 heteroatoms. The lowest BCUT2D eigenvalue weighted by atomic mass is 10.3. The molecule has 0 fully saturated rings. The number of nitrogens with zero attached hydrogens (tertiary/aromatic N) is 3. The number of rotatable bonds is 6. The highest BCUT2D eigenvalue weighted by molar-refractivity contribution is 8.14. The first-order valence-electron chi connectivity index (χ1n) is 8.02. The Morgan fingerprint density at radius 3 is 2.72 bits per heavy atom. The molecule has 1 aromatic heterocycles. The van der Waals surface area contributed by atoms with E-state index in [0.29, 0.717) is 6.54 Å². The van der Waals surface area contributed by atoms with Gasteiger partial charge in [-0.2, -0.15) is 0 Å². The zero-order chi connectivity index (χ0) is 18.1. The van der Waals surface area contributed by atoms with Crippen LogP contribution in [0.3, 0.4) is 0 Å². The molecular formula is C18H24N4OS2. The molecule has 2 rings (SSSR count). The molecule has 134 valence electrons. The van der Waals surface area contributed by atoms with Crippen molar-refractivity contribution in [1.82, 2.24) is 4.57 Å². The van der Waals surface area contributed by atoms with Gasteiger partial charge >= 0.3 is 0 Å². The maximum atomic E-state index is 5.18. The SMILES string of the molecule is CCSC(=NC/C=C(\C)N=c1sccn1C)Nc1ccc(OC)cc1. The highest BCUT2D eigenvalue weighted by Crippen LogP contribution is 2.17. The van der Waals surface area contributed by atoms with Gasteiger partial charge < -0.3 is 14.6 Å². The van der Waals surface area contributed by atoms with Crippen LogP contribution in [0.15, 0.2) is 57.6 Å². The summed E-state index contributed by atoms with van der Waals surface area (Å²) in [5.41, 5.74) is 1.96. The van der Waals surface area contributed by atoms with Crippen molar-refractivity contribution < 1.29 is 4.74 Å². The number of hydrogen-bond acceptors (Lipinski definition) is 5. The smallest absolute Gasteiger partial charge is 0.189 e. The van der Waals surface area contributed by atoms with E-state index in [2.05, 4.69) is 22.2 Å². The van der Waals surface area contributed by atoms with Crippen LogP contribution < -0.4 is 14.9 Å².